The molecule has 5 N–H and O–H groups in total. The van der Waals surface area contributed by atoms with Crippen LogP contribution in [0.5, 0.6) is 5.75 Å². The van der Waals surface area contributed by atoms with E-state index in [4.69, 9.17) is 4.74 Å². The van der Waals surface area contributed by atoms with Crippen molar-refractivity contribution in [1.82, 2.24) is 31.5 Å². The van der Waals surface area contributed by atoms with Gasteiger partial charge in [0.25, 0.3) is 5.91 Å². The van der Waals surface area contributed by atoms with Gasteiger partial charge < -0.3 is 36.2 Å². The number of likely N-dealkylation sites (tertiary alicyclic amines) is 1. The van der Waals surface area contributed by atoms with E-state index in [1.54, 1.807) is 29.2 Å². The minimum Gasteiger partial charge on any atom is -0.491 e. The summed E-state index contributed by atoms with van der Waals surface area (Å²) in [6.45, 7) is 13.0. The van der Waals surface area contributed by atoms with E-state index >= 15 is 0 Å². The molecule has 1 saturated heterocycles. The fourth-order valence-electron chi connectivity index (χ4n) is 5.72. The molecule has 1 fully saturated rings. The Labute approximate surface area is 284 Å². The number of amides is 6. The van der Waals surface area contributed by atoms with Crippen LogP contribution in [0.15, 0.2) is 24.3 Å². The third kappa shape index (κ3) is 11.5. The number of benzene rings is 1. The van der Waals surface area contributed by atoms with E-state index in [2.05, 4.69) is 26.6 Å². The highest BCUT2D eigenvalue weighted by molar-refractivity contribution is 6.00. The summed E-state index contributed by atoms with van der Waals surface area (Å²) in [4.78, 5) is 80.9. The number of hydrogen-bond donors (Lipinski definition) is 5. The number of ether oxygens (including phenoxy) is 1. The highest BCUT2D eigenvalue weighted by Gasteiger charge is 2.32. The lowest BCUT2D eigenvalue weighted by Crippen LogP contribution is -2.58. The van der Waals surface area contributed by atoms with Gasteiger partial charge >= 0.3 is 0 Å². The summed E-state index contributed by atoms with van der Waals surface area (Å²) in [6.07, 6.45) is 2.08. The molecule has 0 saturated carbocycles. The predicted molar refractivity (Wildman–Crippen MR) is 181 cm³/mol. The third-order valence-electron chi connectivity index (χ3n) is 8.65. The number of hydrogen-bond acceptors (Lipinski definition) is 7. The third-order valence-corrected chi connectivity index (χ3v) is 8.65. The average Bonchev–Trinajstić information content (AvgIpc) is 3.44. The SMILES string of the molecule is CC(C)C[C@H]1NC(=O)CC[C@@H](C(=O)NCCCN2CCCC2=O)NC(=O)c2ccccc2OC[C@@H](C(C)C)NC(=O)[C@H](C(C)C)NC1=O. The summed E-state index contributed by atoms with van der Waals surface area (Å²) in [5.74, 6) is -2.19. The van der Waals surface area contributed by atoms with Crippen LogP contribution in [0.3, 0.4) is 0 Å². The van der Waals surface area contributed by atoms with Crippen LogP contribution in [0.1, 0.15) is 90.4 Å². The summed E-state index contributed by atoms with van der Waals surface area (Å²) in [5, 5.41) is 14.3. The van der Waals surface area contributed by atoms with Crippen LogP contribution >= 0.6 is 0 Å². The van der Waals surface area contributed by atoms with Crippen LogP contribution in [-0.4, -0.2) is 90.8 Å². The van der Waals surface area contributed by atoms with Gasteiger partial charge in [0.05, 0.1) is 11.6 Å². The molecule has 6 amide bonds. The monoisotopic (exact) mass is 670 g/mol. The largest absolute Gasteiger partial charge is 0.491 e. The van der Waals surface area contributed by atoms with E-state index in [1.165, 1.54) is 0 Å². The summed E-state index contributed by atoms with van der Waals surface area (Å²) >= 11 is 0. The molecular weight excluding hydrogens is 616 g/mol. The van der Waals surface area contributed by atoms with Gasteiger partial charge in [-0.1, -0.05) is 53.7 Å². The van der Waals surface area contributed by atoms with Gasteiger partial charge in [0, 0.05) is 32.5 Å². The first-order valence-electron chi connectivity index (χ1n) is 17.2. The van der Waals surface area contributed by atoms with E-state index in [9.17, 15) is 28.8 Å². The molecule has 2 aliphatic heterocycles. The number of rotatable bonds is 9. The Kier molecular flexibility index (Phi) is 14.7. The standard InChI is InChI=1S/C35H54N6O7/c1-21(2)19-26-34(46)40-31(23(5)6)35(47)39-27(22(3)4)20-48-28-12-8-7-11-24(28)32(44)38-25(14-15-29(42)37-26)33(45)36-16-10-18-41-17-9-13-30(41)43/h7-8,11-12,21-23,25-27,31H,9-10,13-20H2,1-6H3,(H,36,45)(H,37,42)(H,38,44)(H,39,47)(H,40,46)/t25-,26+,27-,31-/m0/s1. The number of carbonyl (C=O) groups excluding carboxylic acids is 6. The topological polar surface area (TPSA) is 175 Å². The molecule has 48 heavy (non-hydrogen) atoms. The number of nitrogens with zero attached hydrogens (tertiary/aromatic N) is 1. The Morgan fingerprint density at radius 1 is 0.917 bits per heavy atom. The molecule has 0 radical (unpaired) electrons. The number of para-hydroxylation sites is 1. The second kappa shape index (κ2) is 18.4. The van der Waals surface area contributed by atoms with Gasteiger partial charge in [0.2, 0.25) is 29.5 Å². The van der Waals surface area contributed by atoms with E-state index in [0.29, 0.717) is 32.4 Å². The maximum atomic E-state index is 13.6. The molecule has 0 unspecified atom stereocenters. The maximum absolute atomic E-state index is 13.6. The molecule has 0 aromatic heterocycles. The van der Waals surface area contributed by atoms with E-state index in [0.717, 1.165) is 6.42 Å². The zero-order valence-corrected chi connectivity index (χ0v) is 29.2. The Hall–Kier alpha value is -4.16. The lowest BCUT2D eigenvalue weighted by Gasteiger charge is -2.29. The molecule has 13 nitrogen and oxygen atoms in total. The molecule has 2 heterocycles. The number of fused-ring (bicyclic) bond motifs is 1. The first-order valence-corrected chi connectivity index (χ1v) is 17.2. The van der Waals surface area contributed by atoms with Crippen molar-refractivity contribution in [3.05, 3.63) is 29.8 Å². The Morgan fingerprint density at radius 2 is 1.65 bits per heavy atom. The minimum absolute atomic E-state index is 0.0283. The molecular formula is C35H54N6O7. The molecule has 0 aliphatic carbocycles. The molecule has 0 bridgehead atoms. The summed E-state index contributed by atoms with van der Waals surface area (Å²) in [6, 6.07) is 3.35. The molecule has 4 atom stereocenters. The molecule has 1 aromatic rings. The lowest BCUT2D eigenvalue weighted by molar-refractivity contribution is -0.133. The highest BCUT2D eigenvalue weighted by Crippen LogP contribution is 2.20. The molecule has 2 aliphatic rings. The molecule has 1 aromatic carbocycles. The van der Waals surface area contributed by atoms with Crippen LogP contribution in [0.25, 0.3) is 0 Å². The molecule has 3 rings (SSSR count). The van der Waals surface area contributed by atoms with Gasteiger partial charge in [-0.15, -0.1) is 0 Å². The van der Waals surface area contributed by atoms with Crippen molar-refractivity contribution < 1.29 is 33.5 Å². The van der Waals surface area contributed by atoms with Gasteiger partial charge in [-0.05, 0) is 55.6 Å². The molecule has 0 spiro atoms. The summed E-state index contributed by atoms with van der Waals surface area (Å²) < 4.78 is 6.09. The smallest absolute Gasteiger partial charge is 0.255 e. The van der Waals surface area contributed by atoms with Crippen LogP contribution in [0.4, 0.5) is 0 Å². The lowest BCUT2D eigenvalue weighted by atomic mass is 9.98. The first-order chi connectivity index (χ1) is 22.8. The van der Waals surface area contributed by atoms with Crippen molar-refractivity contribution in [3.8, 4) is 5.75 Å². The van der Waals surface area contributed by atoms with Crippen molar-refractivity contribution in [3.63, 3.8) is 0 Å². The van der Waals surface area contributed by atoms with Crippen molar-refractivity contribution in [1.29, 1.82) is 0 Å². The van der Waals surface area contributed by atoms with Crippen LogP contribution in [0.2, 0.25) is 0 Å². The average molecular weight is 671 g/mol. The van der Waals surface area contributed by atoms with Crippen molar-refractivity contribution in [2.24, 2.45) is 17.8 Å². The second-order valence-corrected chi connectivity index (χ2v) is 13.8. The van der Waals surface area contributed by atoms with Crippen LogP contribution < -0.4 is 31.3 Å². The molecule has 13 heteroatoms. The van der Waals surface area contributed by atoms with E-state index < -0.39 is 47.8 Å². The fraction of sp³-hybridized carbons (Fsp3) is 0.657. The van der Waals surface area contributed by atoms with E-state index in [-0.39, 0.29) is 66.9 Å². The second-order valence-electron chi connectivity index (χ2n) is 13.8. The van der Waals surface area contributed by atoms with Crippen LogP contribution in [0, 0.1) is 17.8 Å². The quantitative estimate of drug-likeness (QED) is 0.250. The Morgan fingerprint density at radius 3 is 2.29 bits per heavy atom. The first kappa shape index (κ1) is 38.3. The van der Waals surface area contributed by atoms with Crippen molar-refractivity contribution in [2.45, 2.75) is 104 Å². The molecule has 266 valence electrons. The van der Waals surface area contributed by atoms with Crippen LogP contribution in [-0.2, 0) is 24.0 Å². The Balaban J connectivity index is 1.87. The fourth-order valence-corrected chi connectivity index (χ4v) is 5.72. The van der Waals surface area contributed by atoms with E-state index in [1.807, 2.05) is 41.5 Å². The minimum atomic E-state index is -1.06. The van der Waals surface area contributed by atoms with Gasteiger partial charge in [-0.3, -0.25) is 28.8 Å². The zero-order valence-electron chi connectivity index (χ0n) is 29.2. The summed E-state index contributed by atoms with van der Waals surface area (Å²) in [5.41, 5.74) is 0.201. The zero-order chi connectivity index (χ0) is 35.4. The van der Waals surface area contributed by atoms with Crippen molar-refractivity contribution >= 4 is 35.4 Å². The Bertz CT molecular complexity index is 1300. The predicted octanol–water partition coefficient (Wildman–Crippen LogP) is 1.90. The highest BCUT2D eigenvalue weighted by atomic mass is 16.5. The van der Waals surface area contributed by atoms with Gasteiger partial charge in [0.1, 0.15) is 30.5 Å². The maximum Gasteiger partial charge on any atom is 0.255 e. The number of nitrogens with one attached hydrogen (secondary N) is 5. The summed E-state index contributed by atoms with van der Waals surface area (Å²) in [7, 11) is 0. The van der Waals surface area contributed by atoms with Crippen molar-refractivity contribution in [2.75, 3.05) is 26.2 Å². The number of carbonyl (C=O) groups is 6. The van der Waals surface area contributed by atoms with Gasteiger partial charge in [-0.2, -0.15) is 0 Å². The normalized spacial score (nSPS) is 23.4. The van der Waals surface area contributed by atoms with Gasteiger partial charge in [-0.25, -0.2) is 0 Å². The van der Waals surface area contributed by atoms with Gasteiger partial charge in [0.15, 0.2) is 0 Å².